The number of fused-ring (bicyclic) bond motifs is 6. The average molecular weight is 1870 g/mol. The van der Waals surface area contributed by atoms with Crippen LogP contribution < -0.4 is 94.3 Å². The summed E-state index contributed by atoms with van der Waals surface area (Å²) in [7, 11) is -6.46. The fourth-order valence-corrected chi connectivity index (χ4v) is 14.6. The largest absolute Gasteiger partial charge is 0.495 e. The Balaban J connectivity index is 0.000000375. The van der Waals surface area contributed by atoms with Crippen molar-refractivity contribution in [1.82, 2.24) is 16.0 Å². The Labute approximate surface area is 758 Å². The van der Waals surface area contributed by atoms with Gasteiger partial charge in [0.15, 0.2) is 0 Å². The van der Waals surface area contributed by atoms with Gasteiger partial charge in [0.25, 0.3) is 0 Å². The molecule has 0 radical (unpaired) electrons. The van der Waals surface area contributed by atoms with Crippen molar-refractivity contribution >= 4 is 201 Å². The number of carbonyl (C=O) groups excluding carboxylic acids is 3. The molecular formula is C76H109B6Cl9N6O24. The van der Waals surface area contributed by atoms with Crippen molar-refractivity contribution in [2.45, 2.75) is 165 Å². The van der Waals surface area contributed by atoms with Crippen molar-refractivity contribution in [2.24, 2.45) is 17.2 Å². The predicted molar refractivity (Wildman–Crippen MR) is 483 cm³/mol. The number of hydrogen-bond donors (Lipinski definition) is 12. The summed E-state index contributed by atoms with van der Waals surface area (Å²) in [5.74, 6) is 3.39. The van der Waals surface area contributed by atoms with E-state index in [9.17, 15) is 44.5 Å². The van der Waals surface area contributed by atoms with E-state index in [4.69, 9.17) is 157 Å². The van der Waals surface area contributed by atoms with Crippen molar-refractivity contribution in [3.05, 3.63) is 136 Å². The minimum Gasteiger partial charge on any atom is -0.494 e. The summed E-state index contributed by atoms with van der Waals surface area (Å²) in [4.78, 5) is 35.3. The van der Waals surface area contributed by atoms with Gasteiger partial charge >= 0.3 is 61.0 Å². The quantitative estimate of drug-likeness (QED) is 0.0236. The van der Waals surface area contributed by atoms with Gasteiger partial charge in [-0.25, -0.2) is 14.4 Å². The van der Waals surface area contributed by atoms with Crippen LogP contribution in [0.3, 0.4) is 0 Å². The number of halogens is 9. The maximum absolute atomic E-state index is 11.8. The number of rotatable bonds is 21. The van der Waals surface area contributed by atoms with Gasteiger partial charge in [0.1, 0.15) is 51.3 Å². The molecule has 6 aromatic carbocycles. The van der Waals surface area contributed by atoms with Crippen LogP contribution in [-0.4, -0.2) is 187 Å². The molecule has 6 heterocycles. The van der Waals surface area contributed by atoms with E-state index in [1.165, 1.54) is 0 Å². The van der Waals surface area contributed by atoms with Crippen molar-refractivity contribution < 1.29 is 115 Å². The molecule has 45 heteroatoms. The first-order chi connectivity index (χ1) is 55.2. The lowest BCUT2D eigenvalue weighted by atomic mass is 9.78. The lowest BCUT2D eigenvalue weighted by Crippen LogP contribution is -2.35. The van der Waals surface area contributed by atoms with E-state index in [2.05, 4.69) is 16.0 Å². The fraction of sp³-hybridized carbons (Fsp3) is 0.487. The third kappa shape index (κ3) is 29.2. The zero-order valence-corrected chi connectivity index (χ0v) is 76.1. The number of carbonyl (C=O) groups is 3. The van der Waals surface area contributed by atoms with Crippen molar-refractivity contribution in [3.8, 4) is 34.5 Å². The molecule has 6 aliphatic heterocycles. The summed E-state index contributed by atoms with van der Waals surface area (Å²) in [5, 5.41) is 70.7. The number of hydrogen-bond acceptors (Lipinski definition) is 27. The summed E-state index contributed by atoms with van der Waals surface area (Å²) in [5.41, 5.74) is 22.4. The second kappa shape index (κ2) is 50.0. The highest BCUT2D eigenvalue weighted by Crippen LogP contribution is 2.40. The smallest absolute Gasteiger partial charge is 0.494 e. The van der Waals surface area contributed by atoms with Gasteiger partial charge in [-0.1, -0.05) is 77.0 Å². The maximum atomic E-state index is 11.8. The van der Waals surface area contributed by atoms with E-state index in [1.54, 1.807) is 135 Å². The Morgan fingerprint density at radius 2 is 0.471 bits per heavy atom. The van der Waals surface area contributed by atoms with Crippen LogP contribution in [0.15, 0.2) is 72.8 Å². The van der Waals surface area contributed by atoms with Crippen LogP contribution in [0, 0.1) is 0 Å². The summed E-state index contributed by atoms with van der Waals surface area (Å²) < 4.78 is 80.8. The Morgan fingerprint density at radius 3 is 0.612 bits per heavy atom. The summed E-state index contributed by atoms with van der Waals surface area (Å²) >= 11 is 36.9. The zero-order chi connectivity index (χ0) is 86.7. The molecule has 0 bridgehead atoms. The lowest BCUT2D eigenvalue weighted by Gasteiger charge is -2.21. The van der Waals surface area contributed by atoms with Gasteiger partial charge in [0.2, 0.25) is 0 Å². The molecule has 6 atom stereocenters. The summed E-state index contributed by atoms with van der Waals surface area (Å²) in [6.07, 6.45) is -4.46. The monoisotopic (exact) mass is 1870 g/mol. The minimum absolute atomic E-state index is 0. The van der Waals surface area contributed by atoms with E-state index in [-0.39, 0.29) is 102 Å². The van der Waals surface area contributed by atoms with Gasteiger partial charge in [-0.2, -0.15) is 0 Å². The van der Waals surface area contributed by atoms with Gasteiger partial charge in [0, 0.05) is 136 Å². The number of ether oxygens (including phenoxy) is 9. The first-order valence-electron chi connectivity index (χ1n) is 38.0. The van der Waals surface area contributed by atoms with Crippen LogP contribution >= 0.6 is 107 Å². The summed E-state index contributed by atoms with van der Waals surface area (Å²) in [6.45, 7) is 31.4. The first-order valence-corrected chi connectivity index (χ1v) is 40.2. The highest BCUT2D eigenvalue weighted by molar-refractivity contribution is 6.66. The molecule has 15 N–H and O–H groups in total. The third-order valence-corrected chi connectivity index (χ3v) is 19.2. The van der Waals surface area contributed by atoms with Crippen molar-refractivity contribution in [3.63, 3.8) is 0 Å². The Morgan fingerprint density at radius 1 is 0.322 bits per heavy atom. The molecule has 0 saturated heterocycles. The SMILES string of the molecule is C.CCOc1ccc(Cl)c2c1B(O)OC2CN.CCOc1ccc(Cl)c2c1B(O)OC2CNC(=O)OC(C)(C)C.CCOc1ccc(Cl)c2c1B(O)O[C@@H]2CN.CCOc1ccc(Cl)c2c1B(O)O[C@@H]2CNC(=O)OC(C)(C)C.CCOc1ccc(Cl)c2c1B(O)O[C@H]2CN.CCOc1ccc(Cl)c2c1B(O)O[C@H]2CNC(=O)OC(C)(C)C.Cl.Cl.Cl. The van der Waals surface area contributed by atoms with Gasteiger partial charge in [-0.3, -0.25) is 0 Å². The van der Waals surface area contributed by atoms with Gasteiger partial charge in [-0.15, -0.1) is 37.2 Å². The molecule has 0 fully saturated rings. The molecule has 30 nitrogen and oxygen atoms in total. The molecule has 6 aromatic rings. The van der Waals surface area contributed by atoms with Crippen molar-refractivity contribution in [1.29, 1.82) is 0 Å². The molecular weight excluding hydrogens is 1760 g/mol. The fourth-order valence-electron chi connectivity index (χ4n) is 12.9. The van der Waals surface area contributed by atoms with E-state index in [1.807, 2.05) is 41.5 Å². The molecule has 0 saturated carbocycles. The minimum atomic E-state index is -1.14. The molecule has 2 unspecified atom stereocenters. The van der Waals surface area contributed by atoms with Crippen molar-refractivity contribution in [2.75, 3.05) is 78.9 Å². The number of nitrogens with two attached hydrogens (primary N) is 3. The molecule has 0 spiro atoms. The number of benzene rings is 6. The van der Waals surface area contributed by atoms with E-state index in [0.717, 1.165) is 16.7 Å². The maximum Gasteiger partial charge on any atom is 0.495 e. The lowest BCUT2D eigenvalue weighted by molar-refractivity contribution is 0.0489. The molecule has 121 heavy (non-hydrogen) atoms. The van der Waals surface area contributed by atoms with Gasteiger partial charge in [0.05, 0.1) is 76.3 Å². The van der Waals surface area contributed by atoms with Crippen LogP contribution in [-0.2, 0) is 42.1 Å². The average Bonchev–Trinajstić information content (AvgIpc) is 1.68. The first kappa shape index (κ1) is 110. The van der Waals surface area contributed by atoms with E-state index >= 15 is 0 Å². The molecule has 0 aromatic heterocycles. The number of amides is 3. The normalized spacial score (nSPS) is 17.1. The number of nitrogens with one attached hydrogen (secondary N) is 3. The van der Waals surface area contributed by atoms with Crippen LogP contribution in [0.1, 0.15) is 181 Å². The van der Waals surface area contributed by atoms with Crippen LogP contribution in [0.2, 0.25) is 30.1 Å². The standard InChI is InChI=1S/3C15H21BClNO5.3C10H13BClNO3.CH4.3ClH/c3*1-5-21-10-7-6-9(17)12-11(23-16(20)13(10)12)8-18-14(19)22-15(2,3)4;3*1-2-15-7-4-3-6(12)9-8(5-13)16-11(14)10(7)9;;;;/h3*6-7,11,20H,5,8H2,1-4H3,(H,18,19);3*3-4,8,14H,2,5,13H2,1H3;1H4;3*1H/t2*11-;;2*8-;;;;;/m10.10...../s1. The number of alkyl carbamates (subject to hydrolysis) is 3. The molecule has 6 aliphatic rings. The topological polar surface area (TPSA) is 425 Å². The second-order valence-corrected chi connectivity index (χ2v) is 31.5. The van der Waals surface area contributed by atoms with E-state index < -0.39 is 96.1 Å². The Kier molecular flexibility index (Phi) is 45.3. The molecule has 668 valence electrons. The third-order valence-electron chi connectivity index (χ3n) is 17.3. The van der Waals surface area contributed by atoms with Gasteiger partial charge in [-0.05, 0) is 177 Å². The second-order valence-electron chi connectivity index (χ2n) is 29.1. The molecule has 12 rings (SSSR count). The Hall–Kier alpha value is -5.67. The highest BCUT2D eigenvalue weighted by Gasteiger charge is 2.46. The Bertz CT molecular complexity index is 3940. The van der Waals surface area contributed by atoms with Crippen LogP contribution in [0.5, 0.6) is 34.5 Å². The van der Waals surface area contributed by atoms with Crippen LogP contribution in [0.4, 0.5) is 14.4 Å². The zero-order valence-electron chi connectivity index (χ0n) is 69.1. The molecule has 3 amide bonds. The van der Waals surface area contributed by atoms with E-state index in [0.29, 0.717) is 154 Å². The predicted octanol–water partition coefficient (Wildman–Crippen LogP) is 9.34. The van der Waals surface area contributed by atoms with Gasteiger partial charge < -0.3 is 134 Å². The highest BCUT2D eigenvalue weighted by atomic mass is 35.5. The molecule has 0 aliphatic carbocycles. The summed E-state index contributed by atoms with van der Waals surface area (Å²) in [6, 6.07) is 20.5. The van der Waals surface area contributed by atoms with Crippen LogP contribution in [0.25, 0.3) is 0 Å².